The molecule has 2 aromatic rings. The quantitative estimate of drug-likeness (QED) is 0.858. The van der Waals surface area contributed by atoms with Crippen molar-refractivity contribution >= 4 is 11.9 Å². The molecule has 0 spiro atoms. The molecule has 0 saturated heterocycles. The molecule has 0 aromatic heterocycles. The molecule has 2 aromatic carbocycles. The first-order valence-electron chi connectivity index (χ1n) is 6.77. The van der Waals surface area contributed by atoms with Gasteiger partial charge in [-0.25, -0.2) is 4.39 Å². The molecule has 1 amide bonds. The minimum absolute atomic E-state index is 0.0525. The minimum Gasteiger partial charge on any atom is -0.460 e. The fourth-order valence-electron chi connectivity index (χ4n) is 1.75. The van der Waals surface area contributed by atoms with E-state index in [0.717, 1.165) is 17.7 Å². The van der Waals surface area contributed by atoms with E-state index in [1.807, 2.05) is 6.07 Å². The lowest BCUT2D eigenvalue weighted by Crippen LogP contribution is -2.30. The Morgan fingerprint density at radius 1 is 1.09 bits per heavy atom. The predicted molar refractivity (Wildman–Crippen MR) is 79.7 cm³/mol. The Hall–Kier alpha value is -3.20. The largest absolute Gasteiger partial charge is 0.460 e. The second-order valence-electron chi connectivity index (χ2n) is 4.66. The van der Waals surface area contributed by atoms with Crippen molar-refractivity contribution in [2.45, 2.75) is 6.61 Å². The molecule has 2 rings (SSSR count). The Morgan fingerprint density at radius 3 is 2.35 bits per heavy atom. The van der Waals surface area contributed by atoms with Gasteiger partial charge in [-0.15, -0.1) is 0 Å². The first-order valence-corrected chi connectivity index (χ1v) is 6.77. The van der Waals surface area contributed by atoms with Crippen molar-refractivity contribution in [3.63, 3.8) is 0 Å². The maximum absolute atomic E-state index is 12.7. The molecule has 0 aliphatic carbocycles. The summed E-state index contributed by atoms with van der Waals surface area (Å²) >= 11 is 0. The third-order valence-electron chi connectivity index (χ3n) is 2.98. The molecular formula is C17H13FN2O3. The lowest BCUT2D eigenvalue weighted by Gasteiger charge is -2.07. The van der Waals surface area contributed by atoms with Gasteiger partial charge in [0, 0.05) is 5.56 Å². The Labute approximate surface area is 132 Å². The average molecular weight is 312 g/mol. The van der Waals surface area contributed by atoms with E-state index in [1.165, 1.54) is 12.1 Å². The van der Waals surface area contributed by atoms with Crippen LogP contribution in [0.1, 0.15) is 21.5 Å². The standard InChI is InChI=1S/C17H13FN2O3/c18-15-7-5-14(6-8-15)17(22)20-10-16(21)23-11-13-3-1-12(9-19)2-4-13/h1-8H,10-11H2,(H,20,22). The molecule has 5 nitrogen and oxygen atoms in total. The molecule has 0 saturated carbocycles. The normalized spacial score (nSPS) is 9.74. The fourth-order valence-corrected chi connectivity index (χ4v) is 1.75. The highest BCUT2D eigenvalue weighted by atomic mass is 19.1. The number of benzene rings is 2. The summed E-state index contributed by atoms with van der Waals surface area (Å²) in [4.78, 5) is 23.3. The average Bonchev–Trinajstić information content (AvgIpc) is 2.59. The summed E-state index contributed by atoms with van der Waals surface area (Å²) in [5.74, 6) is -1.52. The van der Waals surface area contributed by atoms with Crippen LogP contribution in [-0.2, 0) is 16.1 Å². The van der Waals surface area contributed by atoms with Crippen molar-refractivity contribution in [2.24, 2.45) is 0 Å². The molecular weight excluding hydrogens is 299 g/mol. The van der Waals surface area contributed by atoms with Crippen LogP contribution in [0.3, 0.4) is 0 Å². The Balaban J connectivity index is 1.77. The second-order valence-corrected chi connectivity index (χ2v) is 4.66. The van der Waals surface area contributed by atoms with E-state index in [2.05, 4.69) is 5.32 Å². The van der Waals surface area contributed by atoms with Crippen molar-refractivity contribution in [1.82, 2.24) is 5.32 Å². The van der Waals surface area contributed by atoms with Crippen LogP contribution in [0.25, 0.3) is 0 Å². The fraction of sp³-hybridized carbons (Fsp3) is 0.118. The van der Waals surface area contributed by atoms with E-state index in [4.69, 9.17) is 10.00 Å². The Kier molecular flexibility index (Phi) is 5.42. The number of nitrogens with one attached hydrogen (secondary N) is 1. The van der Waals surface area contributed by atoms with E-state index in [-0.39, 0.29) is 18.7 Å². The summed E-state index contributed by atoms with van der Waals surface area (Å²) in [6.45, 7) is -0.233. The maximum Gasteiger partial charge on any atom is 0.325 e. The van der Waals surface area contributed by atoms with Gasteiger partial charge >= 0.3 is 5.97 Å². The molecule has 0 radical (unpaired) electrons. The number of hydrogen-bond donors (Lipinski definition) is 1. The zero-order chi connectivity index (χ0) is 16.7. The summed E-state index contributed by atoms with van der Waals surface area (Å²) in [6.07, 6.45) is 0. The molecule has 23 heavy (non-hydrogen) atoms. The number of nitrogens with zero attached hydrogens (tertiary/aromatic N) is 1. The van der Waals surface area contributed by atoms with Gasteiger partial charge in [0.15, 0.2) is 0 Å². The van der Waals surface area contributed by atoms with Crippen molar-refractivity contribution < 1.29 is 18.7 Å². The molecule has 0 bridgehead atoms. The second kappa shape index (κ2) is 7.71. The van der Waals surface area contributed by atoms with Gasteiger partial charge in [-0.1, -0.05) is 12.1 Å². The van der Waals surface area contributed by atoms with Crippen molar-refractivity contribution in [3.8, 4) is 6.07 Å². The van der Waals surface area contributed by atoms with Crippen LogP contribution in [0.5, 0.6) is 0 Å². The molecule has 0 unspecified atom stereocenters. The Bertz CT molecular complexity index is 734. The first-order chi connectivity index (χ1) is 11.1. The smallest absolute Gasteiger partial charge is 0.325 e. The zero-order valence-corrected chi connectivity index (χ0v) is 12.1. The van der Waals surface area contributed by atoms with Crippen molar-refractivity contribution in [2.75, 3.05) is 6.54 Å². The third kappa shape index (κ3) is 4.93. The first kappa shape index (κ1) is 16.2. The van der Waals surface area contributed by atoms with Crippen LogP contribution in [0.4, 0.5) is 4.39 Å². The van der Waals surface area contributed by atoms with E-state index in [9.17, 15) is 14.0 Å². The van der Waals surface area contributed by atoms with E-state index >= 15 is 0 Å². The molecule has 0 aliphatic heterocycles. The van der Waals surface area contributed by atoms with Gasteiger partial charge in [-0.3, -0.25) is 9.59 Å². The topological polar surface area (TPSA) is 79.2 Å². The van der Waals surface area contributed by atoms with Crippen LogP contribution in [0.15, 0.2) is 48.5 Å². The number of nitriles is 1. The Morgan fingerprint density at radius 2 is 1.74 bits per heavy atom. The zero-order valence-electron chi connectivity index (χ0n) is 12.1. The number of hydrogen-bond acceptors (Lipinski definition) is 4. The van der Waals surface area contributed by atoms with Crippen LogP contribution in [-0.4, -0.2) is 18.4 Å². The van der Waals surface area contributed by atoms with Crippen LogP contribution < -0.4 is 5.32 Å². The van der Waals surface area contributed by atoms with Gasteiger partial charge in [0.1, 0.15) is 19.0 Å². The predicted octanol–water partition coefficient (Wildman–Crippen LogP) is 2.17. The summed E-state index contributed by atoms with van der Waals surface area (Å²) in [5.41, 5.74) is 1.51. The van der Waals surface area contributed by atoms with Crippen LogP contribution >= 0.6 is 0 Å². The highest BCUT2D eigenvalue weighted by Gasteiger charge is 2.09. The number of carbonyl (C=O) groups is 2. The highest BCUT2D eigenvalue weighted by molar-refractivity contribution is 5.95. The van der Waals surface area contributed by atoms with Crippen molar-refractivity contribution in [1.29, 1.82) is 5.26 Å². The maximum atomic E-state index is 12.7. The van der Waals surface area contributed by atoms with E-state index in [0.29, 0.717) is 5.56 Å². The number of esters is 1. The van der Waals surface area contributed by atoms with E-state index < -0.39 is 17.7 Å². The molecule has 0 fully saturated rings. The lowest BCUT2D eigenvalue weighted by atomic mass is 10.2. The van der Waals surface area contributed by atoms with Gasteiger partial charge in [0.2, 0.25) is 0 Å². The molecule has 0 heterocycles. The number of rotatable bonds is 5. The number of halogens is 1. The molecule has 116 valence electrons. The minimum atomic E-state index is -0.593. The van der Waals surface area contributed by atoms with Crippen LogP contribution in [0.2, 0.25) is 0 Å². The van der Waals surface area contributed by atoms with Crippen molar-refractivity contribution in [3.05, 3.63) is 71.0 Å². The van der Waals surface area contributed by atoms with Gasteiger partial charge < -0.3 is 10.1 Å². The number of ether oxygens (including phenoxy) is 1. The van der Waals surface area contributed by atoms with Gasteiger partial charge in [0.05, 0.1) is 11.6 Å². The molecule has 1 N–H and O–H groups in total. The van der Waals surface area contributed by atoms with Gasteiger partial charge in [0.25, 0.3) is 5.91 Å². The summed E-state index contributed by atoms with van der Waals surface area (Å²) in [6, 6.07) is 13.6. The van der Waals surface area contributed by atoms with Crippen LogP contribution in [0, 0.1) is 17.1 Å². The van der Waals surface area contributed by atoms with Gasteiger partial charge in [-0.2, -0.15) is 5.26 Å². The summed E-state index contributed by atoms with van der Waals surface area (Å²) < 4.78 is 17.8. The lowest BCUT2D eigenvalue weighted by molar-refractivity contribution is -0.143. The summed E-state index contributed by atoms with van der Waals surface area (Å²) in [7, 11) is 0. The highest BCUT2D eigenvalue weighted by Crippen LogP contribution is 2.05. The molecule has 6 heteroatoms. The number of carbonyl (C=O) groups excluding carboxylic acids is 2. The van der Waals surface area contributed by atoms with E-state index in [1.54, 1.807) is 24.3 Å². The number of amides is 1. The third-order valence-corrected chi connectivity index (χ3v) is 2.98. The van der Waals surface area contributed by atoms with Gasteiger partial charge in [-0.05, 0) is 42.0 Å². The molecule has 0 atom stereocenters. The molecule has 0 aliphatic rings. The monoisotopic (exact) mass is 312 g/mol. The SMILES string of the molecule is N#Cc1ccc(COC(=O)CNC(=O)c2ccc(F)cc2)cc1. The summed E-state index contributed by atoms with van der Waals surface area (Å²) in [5, 5.41) is 11.1.